The first-order valence-electron chi connectivity index (χ1n) is 8.48. The van der Waals surface area contributed by atoms with Crippen LogP contribution in [0, 0.1) is 0 Å². The Hall–Kier alpha value is -2.76. The lowest BCUT2D eigenvalue weighted by Gasteiger charge is -2.32. The number of pyridine rings is 1. The second kappa shape index (κ2) is 7.88. The van der Waals surface area contributed by atoms with E-state index >= 15 is 0 Å². The molecule has 1 aliphatic rings. The fourth-order valence-corrected chi connectivity index (χ4v) is 2.94. The molecule has 6 heteroatoms. The summed E-state index contributed by atoms with van der Waals surface area (Å²) >= 11 is 0. The number of methoxy groups -OCH3 is 1. The molecule has 0 fully saturated rings. The Kier molecular flexibility index (Phi) is 5.38. The molecule has 132 valence electrons. The second-order valence-electron chi connectivity index (χ2n) is 6.03. The minimum absolute atomic E-state index is 0.209. The summed E-state index contributed by atoms with van der Waals surface area (Å²) in [6, 6.07) is 13.4. The zero-order valence-corrected chi connectivity index (χ0v) is 14.5. The molecule has 0 radical (unpaired) electrons. The van der Waals surface area contributed by atoms with E-state index in [9.17, 15) is 4.79 Å². The van der Waals surface area contributed by atoms with Crippen molar-refractivity contribution in [3.05, 3.63) is 53.7 Å². The van der Waals surface area contributed by atoms with E-state index in [1.807, 2.05) is 42.5 Å². The zero-order valence-electron chi connectivity index (χ0n) is 14.5. The van der Waals surface area contributed by atoms with Gasteiger partial charge in [-0.2, -0.15) is 0 Å². The lowest BCUT2D eigenvalue weighted by atomic mass is 9.96. The van der Waals surface area contributed by atoms with Crippen molar-refractivity contribution in [2.75, 3.05) is 12.4 Å². The molecule has 3 rings (SSSR count). The van der Waals surface area contributed by atoms with Gasteiger partial charge in [0, 0.05) is 12.1 Å². The zero-order chi connectivity index (χ0) is 17.6. The van der Waals surface area contributed by atoms with Crippen LogP contribution >= 0.6 is 0 Å². The molecular weight excluding hydrogens is 318 g/mol. The molecule has 1 aliphatic heterocycles. The van der Waals surface area contributed by atoms with Gasteiger partial charge >= 0.3 is 6.09 Å². The summed E-state index contributed by atoms with van der Waals surface area (Å²) in [4.78, 5) is 16.7. The SMILES string of the molecule is CC[C@@H]1C[C@H](NC(=O)OCc2ccccc2)c2nc(OC)ccc2N1. The van der Waals surface area contributed by atoms with E-state index in [1.54, 1.807) is 7.11 Å². The van der Waals surface area contributed by atoms with Crippen molar-refractivity contribution in [2.45, 2.75) is 38.5 Å². The Morgan fingerprint density at radius 3 is 2.80 bits per heavy atom. The van der Waals surface area contributed by atoms with Gasteiger partial charge in [0.2, 0.25) is 5.88 Å². The average Bonchev–Trinajstić information content (AvgIpc) is 2.66. The third-order valence-corrected chi connectivity index (χ3v) is 4.32. The number of fused-ring (bicyclic) bond motifs is 1. The van der Waals surface area contributed by atoms with E-state index < -0.39 is 6.09 Å². The molecule has 1 aromatic heterocycles. The first-order chi connectivity index (χ1) is 12.2. The van der Waals surface area contributed by atoms with Crippen molar-refractivity contribution >= 4 is 11.8 Å². The first kappa shape index (κ1) is 17.1. The van der Waals surface area contributed by atoms with Crippen LogP contribution in [0.5, 0.6) is 5.88 Å². The maximum absolute atomic E-state index is 12.2. The van der Waals surface area contributed by atoms with Crippen LogP contribution in [0.25, 0.3) is 0 Å². The number of benzene rings is 1. The summed E-state index contributed by atoms with van der Waals surface area (Å²) in [7, 11) is 1.58. The van der Waals surface area contributed by atoms with Gasteiger partial charge in [-0.25, -0.2) is 9.78 Å². The van der Waals surface area contributed by atoms with Gasteiger partial charge in [0.05, 0.1) is 24.5 Å². The first-order valence-corrected chi connectivity index (χ1v) is 8.48. The highest BCUT2D eigenvalue weighted by atomic mass is 16.5. The molecule has 0 bridgehead atoms. The molecule has 2 atom stereocenters. The van der Waals surface area contributed by atoms with E-state index in [1.165, 1.54) is 0 Å². The summed E-state index contributed by atoms with van der Waals surface area (Å²) in [5.41, 5.74) is 2.66. The van der Waals surface area contributed by atoms with Gasteiger partial charge in [-0.05, 0) is 24.5 Å². The Bertz CT molecular complexity index is 721. The van der Waals surface area contributed by atoms with Gasteiger partial charge in [0.15, 0.2) is 0 Å². The number of anilines is 1. The van der Waals surface area contributed by atoms with Gasteiger partial charge in [-0.15, -0.1) is 0 Å². The number of aromatic nitrogens is 1. The number of nitrogens with one attached hydrogen (secondary N) is 2. The van der Waals surface area contributed by atoms with Gasteiger partial charge in [0.1, 0.15) is 6.61 Å². The number of carbonyl (C=O) groups is 1. The van der Waals surface area contributed by atoms with Crippen molar-refractivity contribution in [3.8, 4) is 5.88 Å². The minimum Gasteiger partial charge on any atom is -0.481 e. The Morgan fingerprint density at radius 1 is 1.28 bits per heavy atom. The van der Waals surface area contributed by atoms with E-state index in [0.717, 1.165) is 29.8 Å². The molecule has 0 aliphatic carbocycles. The molecule has 25 heavy (non-hydrogen) atoms. The Labute approximate surface area is 147 Å². The normalized spacial score (nSPS) is 18.6. The number of rotatable bonds is 5. The van der Waals surface area contributed by atoms with Crippen LogP contribution < -0.4 is 15.4 Å². The fourth-order valence-electron chi connectivity index (χ4n) is 2.94. The van der Waals surface area contributed by atoms with Gasteiger partial charge < -0.3 is 20.1 Å². The van der Waals surface area contributed by atoms with Gasteiger partial charge in [-0.1, -0.05) is 37.3 Å². The molecule has 1 aromatic carbocycles. The van der Waals surface area contributed by atoms with Crippen molar-refractivity contribution in [1.82, 2.24) is 10.3 Å². The highest BCUT2D eigenvalue weighted by molar-refractivity contribution is 5.69. The largest absolute Gasteiger partial charge is 0.481 e. The number of nitrogens with zero attached hydrogens (tertiary/aromatic N) is 1. The smallest absolute Gasteiger partial charge is 0.408 e. The lowest BCUT2D eigenvalue weighted by Crippen LogP contribution is -2.38. The number of hydrogen-bond donors (Lipinski definition) is 2. The molecular formula is C19H23N3O3. The minimum atomic E-state index is -0.443. The predicted molar refractivity (Wildman–Crippen MR) is 95.6 cm³/mol. The fraction of sp³-hybridized carbons (Fsp3) is 0.368. The molecule has 2 N–H and O–H groups in total. The lowest BCUT2D eigenvalue weighted by molar-refractivity contribution is 0.134. The van der Waals surface area contributed by atoms with E-state index in [0.29, 0.717) is 5.88 Å². The van der Waals surface area contributed by atoms with Crippen molar-refractivity contribution in [2.24, 2.45) is 0 Å². The molecule has 0 spiro atoms. The summed E-state index contributed by atoms with van der Waals surface area (Å²) in [5, 5.41) is 6.39. The summed E-state index contributed by atoms with van der Waals surface area (Å²) in [6.07, 6.45) is 1.27. The Balaban J connectivity index is 1.69. The third kappa shape index (κ3) is 4.21. The van der Waals surface area contributed by atoms with E-state index in [4.69, 9.17) is 9.47 Å². The van der Waals surface area contributed by atoms with Crippen molar-refractivity contribution in [1.29, 1.82) is 0 Å². The quantitative estimate of drug-likeness (QED) is 0.868. The molecule has 1 amide bonds. The monoisotopic (exact) mass is 341 g/mol. The highest BCUT2D eigenvalue weighted by Crippen LogP contribution is 2.33. The number of carbonyl (C=O) groups excluding carboxylic acids is 1. The molecule has 0 saturated carbocycles. The van der Waals surface area contributed by atoms with Gasteiger partial charge in [-0.3, -0.25) is 0 Å². The molecule has 2 heterocycles. The maximum atomic E-state index is 12.2. The highest BCUT2D eigenvalue weighted by Gasteiger charge is 2.29. The maximum Gasteiger partial charge on any atom is 0.408 e. The molecule has 0 unspecified atom stereocenters. The molecule has 2 aromatic rings. The van der Waals surface area contributed by atoms with Crippen molar-refractivity contribution in [3.63, 3.8) is 0 Å². The van der Waals surface area contributed by atoms with E-state index in [2.05, 4.69) is 22.5 Å². The van der Waals surface area contributed by atoms with Crippen LogP contribution in [0.15, 0.2) is 42.5 Å². The average molecular weight is 341 g/mol. The Morgan fingerprint density at radius 2 is 2.08 bits per heavy atom. The third-order valence-electron chi connectivity index (χ3n) is 4.32. The molecule has 6 nitrogen and oxygen atoms in total. The standard InChI is InChI=1S/C19H23N3O3/c1-3-14-11-16(18-15(20-14)9-10-17(22-18)24-2)21-19(23)25-12-13-7-5-4-6-8-13/h4-10,14,16,20H,3,11-12H2,1-2H3,(H,21,23)/t14-,16+/m1/s1. The summed E-state index contributed by atoms with van der Waals surface area (Å²) in [5.74, 6) is 0.528. The van der Waals surface area contributed by atoms with Crippen LogP contribution in [-0.4, -0.2) is 24.2 Å². The van der Waals surface area contributed by atoms with E-state index in [-0.39, 0.29) is 18.7 Å². The topological polar surface area (TPSA) is 72.5 Å². The van der Waals surface area contributed by atoms with Crippen molar-refractivity contribution < 1.29 is 14.3 Å². The van der Waals surface area contributed by atoms with Crippen LogP contribution in [0.4, 0.5) is 10.5 Å². The predicted octanol–water partition coefficient (Wildman–Crippen LogP) is 3.65. The van der Waals surface area contributed by atoms with Crippen LogP contribution in [0.2, 0.25) is 0 Å². The number of hydrogen-bond acceptors (Lipinski definition) is 5. The van der Waals surface area contributed by atoms with Crippen LogP contribution in [0.3, 0.4) is 0 Å². The molecule has 0 saturated heterocycles. The van der Waals surface area contributed by atoms with Crippen LogP contribution in [0.1, 0.15) is 37.1 Å². The number of alkyl carbamates (subject to hydrolysis) is 1. The number of amides is 1. The summed E-state index contributed by atoms with van der Waals surface area (Å²) < 4.78 is 10.6. The van der Waals surface area contributed by atoms with Crippen LogP contribution in [-0.2, 0) is 11.3 Å². The number of ether oxygens (including phenoxy) is 2. The second-order valence-corrected chi connectivity index (χ2v) is 6.03. The van der Waals surface area contributed by atoms with Gasteiger partial charge in [0.25, 0.3) is 0 Å². The summed E-state index contributed by atoms with van der Waals surface area (Å²) in [6.45, 7) is 2.36.